The van der Waals surface area contributed by atoms with Crippen LogP contribution in [0.4, 0.5) is 8.78 Å². The molecule has 0 saturated carbocycles. The molecule has 2 amide bonds. The van der Waals surface area contributed by atoms with Crippen molar-refractivity contribution >= 4 is 11.8 Å². The van der Waals surface area contributed by atoms with Gasteiger partial charge in [-0.25, -0.2) is 8.78 Å². The Morgan fingerprint density at radius 1 is 0.481 bits per heavy atom. The van der Waals surface area contributed by atoms with Crippen molar-refractivity contribution in [1.29, 1.82) is 0 Å². The van der Waals surface area contributed by atoms with E-state index in [2.05, 4.69) is 10.6 Å². The maximum Gasteiger partial charge on any atom is 0.251 e. The highest BCUT2D eigenvalue weighted by atomic mass is 19.1. The third kappa shape index (κ3) is 8.02. The number of carbonyl (C=O) groups is 2. The summed E-state index contributed by atoms with van der Waals surface area (Å²) in [6.45, 7) is 0.420. The Labute approximate surface area is 300 Å². The van der Waals surface area contributed by atoms with E-state index in [1.807, 2.05) is 24.3 Å². The number of amides is 2. The Kier molecular flexibility index (Phi) is 11.8. The summed E-state index contributed by atoms with van der Waals surface area (Å²) in [6, 6.07) is 22.0. The lowest BCUT2D eigenvalue weighted by molar-refractivity contribution is 0.0942. The molecule has 5 aromatic carbocycles. The molecule has 0 unspecified atom stereocenters. The third-order valence-corrected chi connectivity index (χ3v) is 8.34. The van der Waals surface area contributed by atoms with Gasteiger partial charge in [-0.15, -0.1) is 0 Å². The van der Waals surface area contributed by atoms with Crippen LogP contribution >= 0.6 is 0 Å². The molecule has 0 saturated heterocycles. The topological polar surface area (TPSA) is 114 Å². The molecule has 0 aliphatic carbocycles. The molecular weight excluding hydrogens is 674 g/mol. The molecule has 0 atom stereocenters. The molecule has 10 nitrogen and oxygen atoms in total. The fraction of sp³-hybridized carbons (Fsp3) is 0.200. The molecular formula is C40H38F2N2O8. The van der Waals surface area contributed by atoms with E-state index in [0.29, 0.717) is 45.6 Å². The van der Waals surface area contributed by atoms with Gasteiger partial charge in [-0.05, 0) is 82.9 Å². The van der Waals surface area contributed by atoms with Gasteiger partial charge in [-0.2, -0.15) is 0 Å². The minimum atomic E-state index is -0.521. The predicted molar refractivity (Wildman–Crippen MR) is 192 cm³/mol. The van der Waals surface area contributed by atoms with Crippen molar-refractivity contribution in [2.45, 2.75) is 13.1 Å². The first-order chi connectivity index (χ1) is 25.1. The predicted octanol–water partition coefficient (Wildman–Crippen LogP) is 7.21. The van der Waals surface area contributed by atoms with E-state index in [4.69, 9.17) is 28.4 Å². The van der Waals surface area contributed by atoms with Crippen LogP contribution in [-0.2, 0) is 13.1 Å². The molecule has 52 heavy (non-hydrogen) atoms. The lowest BCUT2D eigenvalue weighted by Crippen LogP contribution is -2.23. The summed E-state index contributed by atoms with van der Waals surface area (Å²) in [6.07, 6.45) is 0. The number of halogens is 2. The number of hydrogen-bond acceptors (Lipinski definition) is 8. The van der Waals surface area contributed by atoms with Crippen LogP contribution in [0.15, 0.2) is 84.9 Å². The lowest BCUT2D eigenvalue weighted by Gasteiger charge is -2.15. The van der Waals surface area contributed by atoms with Crippen molar-refractivity contribution in [2.24, 2.45) is 0 Å². The van der Waals surface area contributed by atoms with Crippen molar-refractivity contribution in [3.63, 3.8) is 0 Å². The molecule has 12 heteroatoms. The zero-order valence-corrected chi connectivity index (χ0v) is 29.5. The molecule has 0 heterocycles. The molecule has 2 N–H and O–H groups in total. The van der Waals surface area contributed by atoms with Crippen LogP contribution in [0.25, 0.3) is 22.3 Å². The van der Waals surface area contributed by atoms with E-state index < -0.39 is 23.4 Å². The van der Waals surface area contributed by atoms with Crippen LogP contribution < -0.4 is 39.1 Å². The van der Waals surface area contributed by atoms with Gasteiger partial charge in [0.15, 0.2) is 23.0 Å². The fourth-order valence-corrected chi connectivity index (χ4v) is 5.59. The Morgan fingerprint density at radius 3 is 1.10 bits per heavy atom. The van der Waals surface area contributed by atoms with Crippen LogP contribution in [0, 0.1) is 11.6 Å². The average Bonchev–Trinajstić information content (AvgIpc) is 3.18. The van der Waals surface area contributed by atoms with Crippen LogP contribution in [0.2, 0.25) is 0 Å². The van der Waals surface area contributed by atoms with Crippen molar-refractivity contribution in [3.05, 3.63) is 119 Å². The van der Waals surface area contributed by atoms with Gasteiger partial charge in [0, 0.05) is 35.3 Å². The minimum Gasteiger partial charge on any atom is -0.493 e. The maximum absolute atomic E-state index is 15.0. The second kappa shape index (κ2) is 16.6. The van der Waals surface area contributed by atoms with Gasteiger partial charge in [-0.3, -0.25) is 9.59 Å². The van der Waals surface area contributed by atoms with Gasteiger partial charge in [0.25, 0.3) is 11.8 Å². The zero-order chi connectivity index (χ0) is 37.4. The Hall–Kier alpha value is -6.30. The quantitative estimate of drug-likeness (QED) is 0.124. The largest absolute Gasteiger partial charge is 0.493 e. The van der Waals surface area contributed by atoms with E-state index >= 15 is 0 Å². The summed E-state index contributed by atoms with van der Waals surface area (Å²) in [7, 11) is 8.82. The van der Waals surface area contributed by atoms with E-state index in [0.717, 1.165) is 11.1 Å². The van der Waals surface area contributed by atoms with Crippen molar-refractivity contribution in [1.82, 2.24) is 10.6 Å². The zero-order valence-electron chi connectivity index (χ0n) is 29.5. The van der Waals surface area contributed by atoms with Gasteiger partial charge in [0.05, 0.1) is 42.7 Å². The van der Waals surface area contributed by atoms with Crippen LogP contribution in [0.3, 0.4) is 0 Å². The number of rotatable bonds is 14. The maximum atomic E-state index is 15.0. The highest BCUT2D eigenvalue weighted by Crippen LogP contribution is 2.43. The second-order valence-corrected chi connectivity index (χ2v) is 11.4. The molecule has 0 fully saturated rings. The highest BCUT2D eigenvalue weighted by molar-refractivity contribution is 5.96. The summed E-state index contributed by atoms with van der Waals surface area (Å²) in [4.78, 5) is 26.2. The van der Waals surface area contributed by atoms with Crippen molar-refractivity contribution in [3.8, 4) is 56.8 Å². The molecule has 0 aromatic heterocycles. The van der Waals surface area contributed by atoms with Crippen LogP contribution in [-0.4, -0.2) is 54.5 Å². The molecule has 5 rings (SSSR count). The summed E-state index contributed by atoms with van der Waals surface area (Å²) in [5, 5.41) is 5.72. The fourth-order valence-electron chi connectivity index (χ4n) is 5.59. The number of benzene rings is 5. The van der Waals surface area contributed by atoms with Crippen molar-refractivity contribution < 1.29 is 46.8 Å². The number of hydrogen-bond donors (Lipinski definition) is 2. The first-order valence-electron chi connectivity index (χ1n) is 16.0. The summed E-state index contributed by atoms with van der Waals surface area (Å²) in [5.74, 6) is 0.318. The summed E-state index contributed by atoms with van der Waals surface area (Å²) < 4.78 is 62.2. The highest BCUT2D eigenvalue weighted by Gasteiger charge is 2.19. The average molecular weight is 713 g/mol. The Morgan fingerprint density at radius 2 is 0.808 bits per heavy atom. The second-order valence-electron chi connectivity index (χ2n) is 11.4. The standard InChI is InChI=1S/C40H38F2N2O8/c1-47-33-17-27(18-34(48-2)37(33)51-5)29-15-25(11-13-31(29)41)39(45)43-21-23-7-9-24(10-8-23)22-44-40(46)26-12-14-32(42)30(16-26)28-19-35(49-3)38(52-6)36(20-28)50-4/h7-20H,21-22H2,1-6H3,(H,43,45)(H,44,46). The van der Waals surface area contributed by atoms with E-state index in [9.17, 15) is 18.4 Å². The molecule has 270 valence electrons. The number of nitrogens with one attached hydrogen (secondary N) is 2. The Balaban J connectivity index is 1.22. The van der Waals surface area contributed by atoms with Crippen LogP contribution in [0.1, 0.15) is 31.8 Å². The van der Waals surface area contributed by atoms with Gasteiger partial charge in [0.2, 0.25) is 11.5 Å². The third-order valence-electron chi connectivity index (χ3n) is 8.34. The van der Waals surface area contributed by atoms with E-state index in [-0.39, 0.29) is 35.3 Å². The number of methoxy groups -OCH3 is 6. The normalized spacial score (nSPS) is 10.6. The SMILES string of the molecule is COc1cc(-c2cc(C(=O)NCc3ccc(CNC(=O)c4ccc(F)c(-c5cc(OC)c(OC)c(OC)c5)c4)cc3)ccc2F)cc(OC)c1OC. The van der Waals surface area contributed by atoms with Gasteiger partial charge < -0.3 is 39.1 Å². The number of ether oxygens (including phenoxy) is 6. The summed E-state index contributed by atoms with van der Waals surface area (Å²) in [5.41, 5.74) is 3.42. The smallest absolute Gasteiger partial charge is 0.251 e. The van der Waals surface area contributed by atoms with Crippen LogP contribution in [0.5, 0.6) is 34.5 Å². The Bertz CT molecular complexity index is 1890. The molecule has 0 aliphatic rings. The molecule has 0 spiro atoms. The molecule has 5 aromatic rings. The van der Waals surface area contributed by atoms with Crippen molar-refractivity contribution in [2.75, 3.05) is 42.7 Å². The van der Waals surface area contributed by atoms with E-state index in [1.54, 1.807) is 24.3 Å². The van der Waals surface area contributed by atoms with E-state index in [1.165, 1.54) is 79.1 Å². The minimum absolute atomic E-state index is 0.191. The molecule has 0 aliphatic heterocycles. The van der Waals surface area contributed by atoms with Gasteiger partial charge in [-0.1, -0.05) is 24.3 Å². The first-order valence-corrected chi connectivity index (χ1v) is 16.0. The monoisotopic (exact) mass is 712 g/mol. The number of carbonyl (C=O) groups excluding carboxylic acids is 2. The van der Waals surface area contributed by atoms with Gasteiger partial charge >= 0.3 is 0 Å². The lowest BCUT2D eigenvalue weighted by atomic mass is 10.0. The summed E-state index contributed by atoms with van der Waals surface area (Å²) >= 11 is 0. The van der Waals surface area contributed by atoms with Gasteiger partial charge in [0.1, 0.15) is 11.6 Å². The molecule has 0 bridgehead atoms. The first kappa shape index (κ1) is 37.0. The molecule has 0 radical (unpaired) electrons.